The molecule has 100 valence electrons. The van der Waals surface area contributed by atoms with Crippen LogP contribution in [0, 0.1) is 0 Å². The van der Waals surface area contributed by atoms with Gasteiger partial charge in [-0.15, -0.1) is 0 Å². The summed E-state index contributed by atoms with van der Waals surface area (Å²) < 4.78 is 5.22. The largest absolute Gasteiger partial charge is 0.467 e. The van der Waals surface area contributed by atoms with Crippen molar-refractivity contribution in [3.05, 3.63) is 60.1 Å². The topological polar surface area (TPSA) is 59.5 Å². The van der Waals surface area contributed by atoms with Crippen molar-refractivity contribution in [1.82, 2.24) is 4.90 Å². The van der Waals surface area contributed by atoms with Crippen LogP contribution in [0.25, 0.3) is 0 Å². The maximum Gasteiger partial charge on any atom is 0.224 e. The van der Waals surface area contributed by atoms with Gasteiger partial charge in [-0.2, -0.15) is 0 Å². The van der Waals surface area contributed by atoms with E-state index in [1.807, 2.05) is 42.5 Å². The van der Waals surface area contributed by atoms with E-state index in [-0.39, 0.29) is 11.9 Å². The van der Waals surface area contributed by atoms with Crippen molar-refractivity contribution in [2.45, 2.75) is 19.0 Å². The number of nitrogens with zero attached hydrogens (tertiary/aromatic N) is 1. The molecule has 2 N–H and O–H groups in total. The normalized spacial score (nSPS) is 12.1. The lowest BCUT2D eigenvalue weighted by Gasteiger charge is -2.18. The lowest BCUT2D eigenvalue weighted by atomic mass is 10.0. The number of hydrogen-bond donors (Lipinski definition) is 1. The van der Waals surface area contributed by atoms with Gasteiger partial charge in [0.05, 0.1) is 12.8 Å². The second-order valence-electron chi connectivity index (χ2n) is 4.55. The summed E-state index contributed by atoms with van der Waals surface area (Å²) >= 11 is 0. The van der Waals surface area contributed by atoms with Gasteiger partial charge in [0.1, 0.15) is 5.76 Å². The van der Waals surface area contributed by atoms with Crippen LogP contribution in [0.2, 0.25) is 0 Å². The van der Waals surface area contributed by atoms with Crippen molar-refractivity contribution in [1.29, 1.82) is 0 Å². The van der Waals surface area contributed by atoms with Crippen molar-refractivity contribution >= 4 is 5.91 Å². The maximum atomic E-state index is 12.1. The van der Waals surface area contributed by atoms with Crippen LogP contribution in [-0.4, -0.2) is 17.9 Å². The summed E-state index contributed by atoms with van der Waals surface area (Å²) in [6, 6.07) is 13.0. The average Bonchev–Trinajstić information content (AvgIpc) is 2.92. The number of carbonyl (C=O) groups is 1. The first-order valence-corrected chi connectivity index (χ1v) is 6.23. The molecule has 0 spiro atoms. The molecule has 0 aliphatic rings. The van der Waals surface area contributed by atoms with Crippen LogP contribution in [0.1, 0.15) is 23.8 Å². The Morgan fingerprint density at radius 3 is 2.63 bits per heavy atom. The minimum atomic E-state index is -0.271. The molecule has 2 aromatic rings. The molecule has 4 heteroatoms. The smallest absolute Gasteiger partial charge is 0.224 e. The number of furan rings is 1. The zero-order valence-electron chi connectivity index (χ0n) is 11.0. The van der Waals surface area contributed by atoms with Crippen LogP contribution in [0.4, 0.5) is 0 Å². The molecule has 1 aromatic heterocycles. The highest BCUT2D eigenvalue weighted by atomic mass is 16.3. The number of hydrogen-bond acceptors (Lipinski definition) is 3. The Kier molecular flexibility index (Phi) is 4.36. The van der Waals surface area contributed by atoms with Gasteiger partial charge in [0.25, 0.3) is 0 Å². The molecule has 0 bridgehead atoms. The molecule has 0 fully saturated rings. The van der Waals surface area contributed by atoms with Gasteiger partial charge in [0.15, 0.2) is 0 Å². The third-order valence-corrected chi connectivity index (χ3v) is 3.02. The molecule has 1 atom stereocenters. The third kappa shape index (κ3) is 3.69. The molecular weight excluding hydrogens is 240 g/mol. The van der Waals surface area contributed by atoms with E-state index in [1.165, 1.54) is 0 Å². The van der Waals surface area contributed by atoms with Gasteiger partial charge in [-0.05, 0) is 17.7 Å². The van der Waals surface area contributed by atoms with Gasteiger partial charge in [-0.3, -0.25) is 4.79 Å². The van der Waals surface area contributed by atoms with E-state index in [2.05, 4.69) is 0 Å². The van der Waals surface area contributed by atoms with Crippen molar-refractivity contribution in [2.75, 3.05) is 7.05 Å². The van der Waals surface area contributed by atoms with Crippen LogP contribution < -0.4 is 5.73 Å². The lowest BCUT2D eigenvalue weighted by molar-refractivity contribution is -0.131. The average molecular weight is 258 g/mol. The first-order valence-electron chi connectivity index (χ1n) is 6.23. The standard InChI is InChI=1S/C15H18N2O2/c1-17(11-13-8-5-9-19-13)15(18)10-14(16)12-6-3-2-4-7-12/h2-9,14H,10-11,16H2,1H3. The summed E-state index contributed by atoms with van der Waals surface area (Å²) in [7, 11) is 1.75. The Bertz CT molecular complexity index is 508. The summed E-state index contributed by atoms with van der Waals surface area (Å²) in [5.74, 6) is 0.775. The Morgan fingerprint density at radius 2 is 2.00 bits per heavy atom. The van der Waals surface area contributed by atoms with Crippen LogP contribution in [0.5, 0.6) is 0 Å². The molecule has 1 amide bonds. The van der Waals surface area contributed by atoms with Gasteiger partial charge in [0.2, 0.25) is 5.91 Å². The van der Waals surface area contributed by atoms with E-state index in [0.717, 1.165) is 11.3 Å². The molecule has 0 saturated carbocycles. The fraction of sp³-hybridized carbons (Fsp3) is 0.267. The Labute approximate surface area is 112 Å². The highest BCUT2D eigenvalue weighted by Crippen LogP contribution is 2.15. The maximum absolute atomic E-state index is 12.1. The van der Waals surface area contributed by atoms with E-state index in [0.29, 0.717) is 13.0 Å². The van der Waals surface area contributed by atoms with Gasteiger partial charge in [0, 0.05) is 19.5 Å². The van der Waals surface area contributed by atoms with E-state index in [4.69, 9.17) is 10.2 Å². The monoisotopic (exact) mass is 258 g/mol. The van der Waals surface area contributed by atoms with E-state index in [1.54, 1.807) is 18.2 Å². The zero-order chi connectivity index (χ0) is 13.7. The third-order valence-electron chi connectivity index (χ3n) is 3.02. The zero-order valence-corrected chi connectivity index (χ0v) is 11.0. The minimum Gasteiger partial charge on any atom is -0.467 e. The predicted octanol–water partition coefficient (Wildman–Crippen LogP) is 2.33. The molecule has 4 nitrogen and oxygen atoms in total. The van der Waals surface area contributed by atoms with Crippen LogP contribution in [0.15, 0.2) is 53.1 Å². The van der Waals surface area contributed by atoms with Crippen molar-refractivity contribution in [3.8, 4) is 0 Å². The molecule has 0 radical (unpaired) electrons. The van der Waals surface area contributed by atoms with Gasteiger partial charge >= 0.3 is 0 Å². The van der Waals surface area contributed by atoms with Crippen LogP contribution in [0.3, 0.4) is 0 Å². The molecule has 1 aromatic carbocycles. The van der Waals surface area contributed by atoms with E-state index >= 15 is 0 Å². The van der Waals surface area contributed by atoms with Crippen molar-refractivity contribution in [2.24, 2.45) is 5.73 Å². The fourth-order valence-electron chi connectivity index (χ4n) is 1.89. The molecule has 2 rings (SSSR count). The molecule has 0 aliphatic heterocycles. The number of amides is 1. The van der Waals surface area contributed by atoms with E-state index in [9.17, 15) is 4.79 Å². The molecule has 0 saturated heterocycles. The summed E-state index contributed by atoms with van der Waals surface area (Å²) in [4.78, 5) is 13.7. The second-order valence-corrected chi connectivity index (χ2v) is 4.55. The highest BCUT2D eigenvalue weighted by Gasteiger charge is 2.15. The summed E-state index contributed by atoms with van der Waals surface area (Å²) in [5.41, 5.74) is 7.01. The Balaban J connectivity index is 1.90. The Morgan fingerprint density at radius 1 is 1.26 bits per heavy atom. The summed E-state index contributed by atoms with van der Waals surface area (Å²) in [5, 5.41) is 0. The van der Waals surface area contributed by atoms with Crippen LogP contribution in [-0.2, 0) is 11.3 Å². The number of benzene rings is 1. The molecule has 1 heterocycles. The number of rotatable bonds is 5. The summed E-state index contributed by atoms with van der Waals surface area (Å²) in [6.07, 6.45) is 1.89. The second kappa shape index (κ2) is 6.20. The quantitative estimate of drug-likeness (QED) is 0.895. The van der Waals surface area contributed by atoms with Crippen molar-refractivity contribution in [3.63, 3.8) is 0 Å². The SMILES string of the molecule is CN(Cc1ccco1)C(=O)CC(N)c1ccccc1. The first kappa shape index (κ1) is 13.4. The fourth-order valence-corrected chi connectivity index (χ4v) is 1.89. The minimum absolute atomic E-state index is 0.00718. The number of nitrogens with two attached hydrogens (primary N) is 1. The van der Waals surface area contributed by atoms with Gasteiger partial charge in [-0.25, -0.2) is 0 Å². The Hall–Kier alpha value is -2.07. The van der Waals surface area contributed by atoms with Crippen molar-refractivity contribution < 1.29 is 9.21 Å². The summed E-state index contributed by atoms with van der Waals surface area (Å²) in [6.45, 7) is 0.466. The molecule has 0 aliphatic carbocycles. The number of carbonyl (C=O) groups excluding carboxylic acids is 1. The van der Waals surface area contributed by atoms with E-state index < -0.39 is 0 Å². The predicted molar refractivity (Wildman–Crippen MR) is 73.2 cm³/mol. The van der Waals surface area contributed by atoms with Gasteiger partial charge < -0.3 is 15.1 Å². The molecule has 19 heavy (non-hydrogen) atoms. The molecular formula is C15H18N2O2. The lowest BCUT2D eigenvalue weighted by Crippen LogP contribution is -2.29. The molecule has 1 unspecified atom stereocenters. The first-order chi connectivity index (χ1) is 9.16. The van der Waals surface area contributed by atoms with Crippen LogP contribution >= 0.6 is 0 Å². The van der Waals surface area contributed by atoms with Gasteiger partial charge in [-0.1, -0.05) is 30.3 Å². The highest BCUT2D eigenvalue weighted by molar-refractivity contribution is 5.76.